The normalized spacial score (nSPS) is 14.1. The molecule has 3 rings (SSSR count). The van der Waals surface area contributed by atoms with Crippen LogP contribution in [0, 0.1) is 0 Å². The van der Waals surface area contributed by atoms with Gasteiger partial charge in [0.05, 0.1) is 10.7 Å². The van der Waals surface area contributed by atoms with Gasteiger partial charge in [0.2, 0.25) is 5.56 Å². The first kappa shape index (κ1) is 12.5. The molecule has 0 fully saturated rings. The minimum atomic E-state index is 0.0178. The van der Waals surface area contributed by atoms with E-state index in [0.717, 1.165) is 29.3 Å². The molecule has 0 bridgehead atoms. The van der Waals surface area contributed by atoms with Gasteiger partial charge in [0, 0.05) is 18.0 Å². The SMILES string of the molecule is O=c1cc2c(c(SCc3ccccn3)[nH]1)CCCC2. The van der Waals surface area contributed by atoms with Crippen LogP contribution >= 0.6 is 11.8 Å². The van der Waals surface area contributed by atoms with Gasteiger partial charge < -0.3 is 4.98 Å². The van der Waals surface area contributed by atoms with Gasteiger partial charge in [-0.3, -0.25) is 9.78 Å². The molecule has 1 N–H and O–H groups in total. The van der Waals surface area contributed by atoms with Crippen molar-refractivity contribution in [3.05, 3.63) is 57.6 Å². The lowest BCUT2D eigenvalue weighted by Gasteiger charge is -2.18. The number of rotatable bonds is 3. The third kappa shape index (κ3) is 2.89. The van der Waals surface area contributed by atoms with Gasteiger partial charge in [0.15, 0.2) is 0 Å². The molecule has 1 aliphatic rings. The summed E-state index contributed by atoms with van der Waals surface area (Å²) in [6.45, 7) is 0. The molecular formula is C15H16N2OS. The molecular weight excluding hydrogens is 256 g/mol. The Bertz CT molecular complexity index is 622. The third-order valence-electron chi connectivity index (χ3n) is 3.42. The molecule has 98 valence electrons. The van der Waals surface area contributed by atoms with Crippen molar-refractivity contribution in [2.24, 2.45) is 0 Å². The van der Waals surface area contributed by atoms with E-state index in [1.54, 1.807) is 24.0 Å². The maximum absolute atomic E-state index is 11.7. The Balaban J connectivity index is 1.84. The molecule has 2 aromatic heterocycles. The van der Waals surface area contributed by atoms with E-state index in [0.29, 0.717) is 0 Å². The standard InChI is InChI=1S/C15H16N2OS/c18-14-9-11-5-1-2-7-13(11)15(17-14)19-10-12-6-3-4-8-16-12/h3-4,6,8-9H,1-2,5,7,10H2,(H,17,18). The van der Waals surface area contributed by atoms with E-state index < -0.39 is 0 Å². The van der Waals surface area contributed by atoms with E-state index >= 15 is 0 Å². The molecule has 0 aliphatic heterocycles. The Hall–Kier alpha value is -1.55. The Labute approximate surface area is 116 Å². The summed E-state index contributed by atoms with van der Waals surface area (Å²) < 4.78 is 0. The average molecular weight is 272 g/mol. The number of hydrogen-bond acceptors (Lipinski definition) is 3. The van der Waals surface area contributed by atoms with Gasteiger partial charge in [-0.25, -0.2) is 0 Å². The second-order valence-electron chi connectivity index (χ2n) is 4.78. The van der Waals surface area contributed by atoms with Crippen molar-refractivity contribution >= 4 is 11.8 Å². The molecule has 2 heterocycles. The van der Waals surface area contributed by atoms with Crippen LogP contribution in [-0.2, 0) is 18.6 Å². The van der Waals surface area contributed by atoms with Crippen molar-refractivity contribution < 1.29 is 0 Å². The number of nitrogens with one attached hydrogen (secondary N) is 1. The van der Waals surface area contributed by atoms with Crippen LogP contribution in [0.4, 0.5) is 0 Å². The molecule has 0 spiro atoms. The predicted molar refractivity (Wildman–Crippen MR) is 77.5 cm³/mol. The van der Waals surface area contributed by atoms with E-state index in [1.165, 1.54) is 24.0 Å². The number of nitrogens with zero attached hydrogens (tertiary/aromatic N) is 1. The van der Waals surface area contributed by atoms with Gasteiger partial charge >= 0.3 is 0 Å². The Morgan fingerprint density at radius 3 is 3.00 bits per heavy atom. The fourth-order valence-corrected chi connectivity index (χ4v) is 3.52. The average Bonchev–Trinajstić information content (AvgIpc) is 2.45. The molecule has 2 aromatic rings. The van der Waals surface area contributed by atoms with Crippen LogP contribution in [0.5, 0.6) is 0 Å². The first-order valence-corrected chi connectivity index (χ1v) is 7.59. The summed E-state index contributed by atoms with van der Waals surface area (Å²) in [5, 5.41) is 1.04. The monoisotopic (exact) mass is 272 g/mol. The minimum Gasteiger partial charge on any atom is -0.317 e. The number of aromatic nitrogens is 2. The lowest BCUT2D eigenvalue weighted by molar-refractivity contribution is 0.665. The van der Waals surface area contributed by atoms with Gasteiger partial charge in [0.1, 0.15) is 0 Å². The van der Waals surface area contributed by atoms with Crippen LogP contribution in [0.2, 0.25) is 0 Å². The maximum atomic E-state index is 11.7. The van der Waals surface area contributed by atoms with E-state index in [4.69, 9.17) is 0 Å². The van der Waals surface area contributed by atoms with Crippen LogP contribution < -0.4 is 5.56 Å². The zero-order valence-corrected chi connectivity index (χ0v) is 11.5. The van der Waals surface area contributed by atoms with Gasteiger partial charge in [0.25, 0.3) is 0 Å². The molecule has 0 aromatic carbocycles. The van der Waals surface area contributed by atoms with Crippen molar-refractivity contribution in [1.29, 1.82) is 0 Å². The van der Waals surface area contributed by atoms with Crippen LogP contribution in [-0.4, -0.2) is 9.97 Å². The number of aromatic amines is 1. The predicted octanol–water partition coefficient (Wildman–Crippen LogP) is 2.94. The van der Waals surface area contributed by atoms with Crippen molar-refractivity contribution in [1.82, 2.24) is 9.97 Å². The highest BCUT2D eigenvalue weighted by Gasteiger charge is 2.15. The first-order chi connectivity index (χ1) is 9.33. The maximum Gasteiger partial charge on any atom is 0.249 e. The molecule has 0 atom stereocenters. The van der Waals surface area contributed by atoms with Crippen molar-refractivity contribution in [3.63, 3.8) is 0 Å². The number of aryl methyl sites for hydroxylation is 1. The quantitative estimate of drug-likeness (QED) is 0.874. The minimum absolute atomic E-state index is 0.0178. The zero-order chi connectivity index (χ0) is 13.1. The first-order valence-electron chi connectivity index (χ1n) is 6.61. The number of fused-ring (bicyclic) bond motifs is 1. The topological polar surface area (TPSA) is 45.8 Å². The second-order valence-corrected chi connectivity index (χ2v) is 5.77. The third-order valence-corrected chi connectivity index (χ3v) is 4.49. The van der Waals surface area contributed by atoms with E-state index in [2.05, 4.69) is 9.97 Å². The summed E-state index contributed by atoms with van der Waals surface area (Å²) in [7, 11) is 0. The summed E-state index contributed by atoms with van der Waals surface area (Å²) in [5.41, 5.74) is 3.64. The van der Waals surface area contributed by atoms with Gasteiger partial charge in [-0.15, -0.1) is 11.8 Å². The second kappa shape index (κ2) is 5.61. The van der Waals surface area contributed by atoms with Gasteiger partial charge in [-0.05, 0) is 48.9 Å². The summed E-state index contributed by atoms with van der Waals surface area (Å²) in [6, 6.07) is 7.69. The molecule has 3 nitrogen and oxygen atoms in total. The highest BCUT2D eigenvalue weighted by atomic mass is 32.2. The number of pyridine rings is 2. The van der Waals surface area contributed by atoms with Crippen molar-refractivity contribution in [3.8, 4) is 0 Å². The summed E-state index contributed by atoms with van der Waals surface area (Å²) in [5.74, 6) is 0.799. The van der Waals surface area contributed by atoms with E-state index in [-0.39, 0.29) is 5.56 Å². The van der Waals surface area contributed by atoms with Crippen LogP contribution in [0.1, 0.15) is 29.7 Å². The lowest BCUT2D eigenvalue weighted by Crippen LogP contribution is -2.14. The summed E-state index contributed by atoms with van der Waals surface area (Å²) >= 11 is 1.68. The van der Waals surface area contributed by atoms with E-state index in [1.807, 2.05) is 18.2 Å². The van der Waals surface area contributed by atoms with Crippen molar-refractivity contribution in [2.75, 3.05) is 0 Å². The molecule has 19 heavy (non-hydrogen) atoms. The number of H-pyrrole nitrogens is 1. The lowest BCUT2D eigenvalue weighted by atomic mass is 9.93. The summed E-state index contributed by atoms with van der Waals surface area (Å²) in [6.07, 6.45) is 6.34. The number of thioether (sulfide) groups is 1. The van der Waals surface area contributed by atoms with Gasteiger partial charge in [-0.2, -0.15) is 0 Å². The van der Waals surface area contributed by atoms with Crippen LogP contribution in [0.25, 0.3) is 0 Å². The fraction of sp³-hybridized carbons (Fsp3) is 0.333. The fourth-order valence-electron chi connectivity index (χ4n) is 2.48. The molecule has 0 radical (unpaired) electrons. The summed E-state index contributed by atoms with van der Waals surface area (Å²) in [4.78, 5) is 19.0. The molecule has 0 saturated heterocycles. The molecule has 0 unspecified atom stereocenters. The molecule has 0 amide bonds. The number of hydrogen-bond donors (Lipinski definition) is 1. The van der Waals surface area contributed by atoms with Crippen molar-refractivity contribution in [2.45, 2.75) is 36.5 Å². The Morgan fingerprint density at radius 2 is 2.16 bits per heavy atom. The molecule has 0 saturated carbocycles. The highest BCUT2D eigenvalue weighted by molar-refractivity contribution is 7.98. The highest BCUT2D eigenvalue weighted by Crippen LogP contribution is 2.29. The zero-order valence-electron chi connectivity index (χ0n) is 10.7. The molecule has 4 heteroatoms. The van der Waals surface area contributed by atoms with Crippen LogP contribution in [0.15, 0.2) is 40.3 Å². The Morgan fingerprint density at radius 1 is 1.26 bits per heavy atom. The molecule has 1 aliphatic carbocycles. The largest absolute Gasteiger partial charge is 0.317 e. The van der Waals surface area contributed by atoms with E-state index in [9.17, 15) is 4.79 Å². The Kier molecular flexibility index (Phi) is 3.69. The van der Waals surface area contributed by atoms with Crippen LogP contribution in [0.3, 0.4) is 0 Å². The van der Waals surface area contributed by atoms with Gasteiger partial charge in [-0.1, -0.05) is 6.07 Å². The smallest absolute Gasteiger partial charge is 0.249 e.